The zero-order valence-electron chi connectivity index (χ0n) is 11.1. The fraction of sp³-hybridized carbons (Fsp3) is 0.571. The van der Waals surface area contributed by atoms with Gasteiger partial charge >= 0.3 is 0 Å². The molecule has 3 heterocycles. The van der Waals surface area contributed by atoms with Gasteiger partial charge in [-0.1, -0.05) is 0 Å². The Morgan fingerprint density at radius 2 is 2.16 bits per heavy atom. The summed E-state index contributed by atoms with van der Waals surface area (Å²) in [7, 11) is 0. The van der Waals surface area contributed by atoms with Crippen molar-refractivity contribution < 1.29 is 9.59 Å². The lowest BCUT2D eigenvalue weighted by atomic mass is 9.98. The topological polar surface area (TPSA) is 40.6 Å². The molecule has 0 aromatic carbocycles. The van der Waals surface area contributed by atoms with E-state index in [1.165, 1.54) is 5.56 Å². The predicted molar refractivity (Wildman–Crippen MR) is 73.8 cm³/mol. The van der Waals surface area contributed by atoms with Crippen LogP contribution in [0.2, 0.25) is 0 Å². The first-order valence-electron chi connectivity index (χ1n) is 6.77. The quantitative estimate of drug-likeness (QED) is 0.827. The first-order chi connectivity index (χ1) is 9.16. The molecule has 102 valence electrons. The molecule has 2 aliphatic rings. The molecule has 0 N–H and O–H groups in total. The van der Waals surface area contributed by atoms with E-state index < -0.39 is 0 Å². The van der Waals surface area contributed by atoms with Gasteiger partial charge in [0, 0.05) is 13.1 Å². The van der Waals surface area contributed by atoms with E-state index in [9.17, 15) is 9.59 Å². The first-order valence-corrected chi connectivity index (χ1v) is 7.71. The van der Waals surface area contributed by atoms with Gasteiger partial charge in [-0.3, -0.25) is 9.59 Å². The summed E-state index contributed by atoms with van der Waals surface area (Å²) < 4.78 is 0. The highest BCUT2D eigenvalue weighted by atomic mass is 32.1. The second-order valence-electron chi connectivity index (χ2n) is 5.37. The molecule has 2 aliphatic heterocycles. The van der Waals surface area contributed by atoms with Crippen LogP contribution in [-0.4, -0.2) is 40.7 Å². The molecular formula is C14H18N2O2S. The second kappa shape index (κ2) is 4.96. The number of carbonyl (C=O) groups excluding carboxylic acids is 2. The molecule has 2 fully saturated rings. The van der Waals surface area contributed by atoms with Crippen molar-refractivity contribution in [1.82, 2.24) is 9.80 Å². The largest absolute Gasteiger partial charge is 0.329 e. The van der Waals surface area contributed by atoms with Crippen molar-refractivity contribution in [3.63, 3.8) is 0 Å². The third-order valence-electron chi connectivity index (χ3n) is 4.07. The summed E-state index contributed by atoms with van der Waals surface area (Å²) in [6, 6.07) is -0.200. The lowest BCUT2D eigenvalue weighted by molar-refractivity contribution is -0.158. The molecule has 0 aliphatic carbocycles. The number of carbonyl (C=O) groups is 2. The Hall–Kier alpha value is -1.36. The number of piperidine rings is 1. The average Bonchev–Trinajstić information content (AvgIpc) is 2.81. The van der Waals surface area contributed by atoms with Crippen LogP contribution in [0.25, 0.3) is 0 Å². The zero-order valence-corrected chi connectivity index (χ0v) is 11.9. The van der Waals surface area contributed by atoms with Crippen LogP contribution in [0.4, 0.5) is 0 Å². The van der Waals surface area contributed by atoms with Gasteiger partial charge in [-0.05, 0) is 48.1 Å². The number of amides is 2. The van der Waals surface area contributed by atoms with Gasteiger partial charge in [0.05, 0.1) is 0 Å². The Bertz CT molecular complexity index is 511. The monoisotopic (exact) mass is 278 g/mol. The molecule has 1 atom stereocenters. The van der Waals surface area contributed by atoms with Crippen molar-refractivity contribution in [2.24, 2.45) is 0 Å². The van der Waals surface area contributed by atoms with Crippen molar-refractivity contribution in [1.29, 1.82) is 0 Å². The van der Waals surface area contributed by atoms with Crippen molar-refractivity contribution in [3.05, 3.63) is 21.9 Å². The SMILES string of the molecule is Cc1cscc1CN1CC(=O)N2CCCCC2C1=O. The summed E-state index contributed by atoms with van der Waals surface area (Å²) in [6.45, 7) is 3.62. The van der Waals surface area contributed by atoms with Gasteiger partial charge in [0.15, 0.2) is 0 Å². The van der Waals surface area contributed by atoms with E-state index in [0.717, 1.165) is 31.4 Å². The van der Waals surface area contributed by atoms with Crippen LogP contribution >= 0.6 is 11.3 Å². The molecule has 1 aromatic heterocycles. The number of hydrogen-bond acceptors (Lipinski definition) is 3. The Labute approximate surface area is 117 Å². The Morgan fingerprint density at radius 3 is 2.89 bits per heavy atom. The summed E-state index contributed by atoms with van der Waals surface area (Å²) in [4.78, 5) is 28.1. The molecule has 2 amide bonds. The highest BCUT2D eigenvalue weighted by Crippen LogP contribution is 2.25. The molecule has 2 saturated heterocycles. The molecular weight excluding hydrogens is 260 g/mol. The van der Waals surface area contributed by atoms with Crippen LogP contribution < -0.4 is 0 Å². The van der Waals surface area contributed by atoms with Crippen LogP contribution in [-0.2, 0) is 16.1 Å². The molecule has 0 bridgehead atoms. The van der Waals surface area contributed by atoms with Crippen molar-refractivity contribution in [2.75, 3.05) is 13.1 Å². The van der Waals surface area contributed by atoms with Crippen molar-refractivity contribution in [3.8, 4) is 0 Å². The fourth-order valence-electron chi connectivity index (χ4n) is 2.92. The van der Waals surface area contributed by atoms with Crippen LogP contribution in [0.3, 0.4) is 0 Å². The lowest BCUT2D eigenvalue weighted by Crippen LogP contribution is -2.60. The average molecular weight is 278 g/mol. The number of aryl methyl sites for hydroxylation is 1. The molecule has 3 rings (SSSR count). The molecule has 0 saturated carbocycles. The highest BCUT2D eigenvalue weighted by Gasteiger charge is 2.40. The maximum atomic E-state index is 12.5. The maximum absolute atomic E-state index is 12.5. The van der Waals surface area contributed by atoms with E-state index in [2.05, 4.69) is 17.7 Å². The van der Waals surface area contributed by atoms with Gasteiger partial charge in [-0.25, -0.2) is 0 Å². The van der Waals surface area contributed by atoms with Crippen LogP contribution in [0, 0.1) is 6.92 Å². The van der Waals surface area contributed by atoms with E-state index in [1.54, 1.807) is 21.1 Å². The van der Waals surface area contributed by atoms with Crippen molar-refractivity contribution >= 4 is 23.2 Å². The van der Waals surface area contributed by atoms with E-state index >= 15 is 0 Å². The molecule has 0 radical (unpaired) electrons. The third-order valence-corrected chi connectivity index (χ3v) is 4.98. The smallest absolute Gasteiger partial charge is 0.246 e. The Kier molecular flexibility index (Phi) is 3.31. The maximum Gasteiger partial charge on any atom is 0.246 e. The summed E-state index contributed by atoms with van der Waals surface area (Å²) >= 11 is 1.65. The van der Waals surface area contributed by atoms with Gasteiger partial charge in [0.2, 0.25) is 11.8 Å². The van der Waals surface area contributed by atoms with E-state index in [4.69, 9.17) is 0 Å². The number of nitrogens with zero attached hydrogens (tertiary/aromatic N) is 2. The minimum atomic E-state index is -0.200. The zero-order chi connectivity index (χ0) is 13.4. The summed E-state index contributed by atoms with van der Waals surface area (Å²) in [6.07, 6.45) is 2.90. The van der Waals surface area contributed by atoms with E-state index in [1.807, 2.05) is 0 Å². The summed E-state index contributed by atoms with van der Waals surface area (Å²) in [5, 5.41) is 4.15. The number of rotatable bonds is 2. The molecule has 5 heteroatoms. The molecule has 19 heavy (non-hydrogen) atoms. The minimum Gasteiger partial charge on any atom is -0.329 e. The number of thiophene rings is 1. The van der Waals surface area contributed by atoms with E-state index in [0.29, 0.717) is 6.54 Å². The molecule has 0 spiro atoms. The Balaban J connectivity index is 1.78. The molecule has 1 unspecified atom stereocenters. The number of hydrogen-bond donors (Lipinski definition) is 0. The number of fused-ring (bicyclic) bond motifs is 1. The number of piperazine rings is 1. The summed E-state index contributed by atoms with van der Waals surface area (Å²) in [5.41, 5.74) is 2.37. The van der Waals surface area contributed by atoms with Gasteiger partial charge in [0.1, 0.15) is 12.6 Å². The van der Waals surface area contributed by atoms with Crippen LogP contribution in [0.15, 0.2) is 10.8 Å². The lowest BCUT2D eigenvalue weighted by Gasteiger charge is -2.42. The normalized spacial score (nSPS) is 23.7. The second-order valence-corrected chi connectivity index (χ2v) is 6.12. The van der Waals surface area contributed by atoms with Crippen molar-refractivity contribution in [2.45, 2.75) is 38.8 Å². The standard InChI is InChI=1S/C14H18N2O2S/c1-10-8-19-9-11(10)6-15-7-13(17)16-5-3-2-4-12(16)14(15)18/h8-9,12H,2-7H2,1H3. The van der Waals surface area contributed by atoms with E-state index in [-0.39, 0.29) is 24.4 Å². The van der Waals surface area contributed by atoms with Gasteiger partial charge in [-0.2, -0.15) is 11.3 Å². The molecule has 4 nitrogen and oxygen atoms in total. The van der Waals surface area contributed by atoms with Gasteiger partial charge < -0.3 is 9.80 Å². The Morgan fingerprint density at radius 1 is 1.32 bits per heavy atom. The highest BCUT2D eigenvalue weighted by molar-refractivity contribution is 7.08. The third kappa shape index (κ3) is 2.27. The van der Waals surface area contributed by atoms with Crippen LogP contribution in [0.1, 0.15) is 30.4 Å². The van der Waals surface area contributed by atoms with Gasteiger partial charge in [0.25, 0.3) is 0 Å². The molecule has 1 aromatic rings. The van der Waals surface area contributed by atoms with Gasteiger partial charge in [-0.15, -0.1) is 0 Å². The summed E-state index contributed by atoms with van der Waals surface area (Å²) in [5.74, 6) is 0.238. The van der Waals surface area contributed by atoms with Crippen LogP contribution in [0.5, 0.6) is 0 Å². The first kappa shape index (κ1) is 12.7. The fourth-order valence-corrected chi connectivity index (χ4v) is 3.77. The predicted octanol–water partition coefficient (Wildman–Crippen LogP) is 1.78. The minimum absolute atomic E-state index is 0.109.